The van der Waals surface area contributed by atoms with Crippen LogP contribution in [0.2, 0.25) is 0 Å². The summed E-state index contributed by atoms with van der Waals surface area (Å²) in [6.07, 6.45) is -4.75. The van der Waals surface area contributed by atoms with Crippen LogP contribution in [-0.4, -0.2) is 59.1 Å². The Balaban J connectivity index is 2.01. The van der Waals surface area contributed by atoms with E-state index in [1.807, 2.05) is 0 Å². The number of rotatable bonds is 3. The van der Waals surface area contributed by atoms with Crippen molar-refractivity contribution in [2.75, 3.05) is 19.6 Å². The lowest BCUT2D eigenvalue weighted by atomic mass is 9.98. The molecule has 0 bridgehead atoms. The molecule has 0 aromatic rings. The lowest BCUT2D eigenvalue weighted by Crippen LogP contribution is -2.49. The van der Waals surface area contributed by atoms with Gasteiger partial charge in [-0.2, -0.15) is 13.2 Å². The van der Waals surface area contributed by atoms with Gasteiger partial charge in [-0.05, 0) is 20.3 Å². The van der Waals surface area contributed by atoms with Gasteiger partial charge in [-0.25, -0.2) is 4.79 Å². The summed E-state index contributed by atoms with van der Waals surface area (Å²) in [4.78, 5) is 26.9. The molecule has 1 spiro atoms. The summed E-state index contributed by atoms with van der Waals surface area (Å²) in [5.41, 5.74) is -1.03. The van der Waals surface area contributed by atoms with Crippen LogP contribution in [0.25, 0.3) is 0 Å². The minimum atomic E-state index is -4.21. The third kappa shape index (κ3) is 2.74. The van der Waals surface area contributed by atoms with Gasteiger partial charge in [0.1, 0.15) is 5.54 Å². The third-order valence-electron chi connectivity index (χ3n) is 3.77. The molecule has 0 unspecified atom stereocenters. The summed E-state index contributed by atoms with van der Waals surface area (Å²) >= 11 is 0. The summed E-state index contributed by atoms with van der Waals surface area (Å²) < 4.78 is 36.6. The number of nitrogens with one attached hydrogen (secondary N) is 1. The van der Waals surface area contributed by atoms with Gasteiger partial charge in [0.15, 0.2) is 0 Å². The van der Waals surface area contributed by atoms with Crippen molar-refractivity contribution >= 4 is 11.9 Å². The van der Waals surface area contributed by atoms with Crippen molar-refractivity contribution in [2.24, 2.45) is 0 Å². The molecule has 2 heterocycles. The molecule has 2 fully saturated rings. The number of halogens is 3. The molecular formula is C12H18F3N3O2. The van der Waals surface area contributed by atoms with Crippen molar-refractivity contribution in [3.63, 3.8) is 0 Å². The lowest BCUT2D eigenvalue weighted by Gasteiger charge is -2.23. The maximum absolute atomic E-state index is 12.3. The molecule has 2 saturated heterocycles. The summed E-state index contributed by atoms with van der Waals surface area (Å²) in [5, 5.41) is 2.65. The molecule has 20 heavy (non-hydrogen) atoms. The minimum absolute atomic E-state index is 0.143. The largest absolute Gasteiger partial charge is 0.390 e. The highest BCUT2D eigenvalue weighted by atomic mass is 19.4. The molecule has 1 atom stereocenters. The van der Waals surface area contributed by atoms with Gasteiger partial charge in [-0.1, -0.05) is 0 Å². The van der Waals surface area contributed by atoms with E-state index in [0.717, 1.165) is 4.90 Å². The Bertz CT molecular complexity index is 425. The smallest absolute Gasteiger partial charge is 0.322 e. The number of likely N-dealkylation sites (tertiary alicyclic amines) is 1. The van der Waals surface area contributed by atoms with E-state index in [2.05, 4.69) is 5.32 Å². The molecule has 2 aliphatic heterocycles. The third-order valence-corrected chi connectivity index (χ3v) is 3.77. The maximum atomic E-state index is 12.3. The van der Waals surface area contributed by atoms with E-state index in [1.165, 1.54) is 0 Å². The van der Waals surface area contributed by atoms with E-state index in [0.29, 0.717) is 13.0 Å². The molecule has 5 nitrogen and oxygen atoms in total. The highest BCUT2D eigenvalue weighted by Crippen LogP contribution is 2.30. The van der Waals surface area contributed by atoms with Crippen LogP contribution in [-0.2, 0) is 4.79 Å². The highest BCUT2D eigenvalue weighted by Gasteiger charge is 2.55. The SMILES string of the molecule is CC(C)N1C(=O)N[C@]2(CCN(CCC(F)(F)F)C2)C1=O. The van der Waals surface area contributed by atoms with Gasteiger partial charge in [0.2, 0.25) is 0 Å². The lowest BCUT2D eigenvalue weighted by molar-refractivity contribution is -0.137. The van der Waals surface area contributed by atoms with Crippen LogP contribution in [0.15, 0.2) is 0 Å². The molecule has 0 radical (unpaired) electrons. The van der Waals surface area contributed by atoms with Crippen LogP contribution in [0.1, 0.15) is 26.7 Å². The van der Waals surface area contributed by atoms with Crippen LogP contribution < -0.4 is 5.32 Å². The second kappa shape index (κ2) is 4.91. The Kier molecular flexibility index (Phi) is 3.70. The first-order valence-corrected chi connectivity index (χ1v) is 6.59. The van der Waals surface area contributed by atoms with E-state index in [4.69, 9.17) is 0 Å². The van der Waals surface area contributed by atoms with Crippen molar-refractivity contribution < 1.29 is 22.8 Å². The van der Waals surface area contributed by atoms with Crippen molar-refractivity contribution in [3.05, 3.63) is 0 Å². The van der Waals surface area contributed by atoms with Gasteiger partial charge >= 0.3 is 12.2 Å². The fraction of sp³-hybridized carbons (Fsp3) is 0.833. The Morgan fingerprint density at radius 3 is 2.50 bits per heavy atom. The Morgan fingerprint density at radius 1 is 1.35 bits per heavy atom. The second-order valence-electron chi connectivity index (χ2n) is 5.67. The molecule has 114 valence electrons. The number of amides is 3. The minimum Gasteiger partial charge on any atom is -0.322 e. The predicted octanol–water partition coefficient (Wildman–Crippen LogP) is 1.34. The molecule has 2 aliphatic rings. The van der Waals surface area contributed by atoms with E-state index < -0.39 is 24.2 Å². The molecule has 0 aromatic carbocycles. The normalized spacial score (nSPS) is 28.0. The van der Waals surface area contributed by atoms with Crippen LogP contribution in [0, 0.1) is 0 Å². The average Bonchev–Trinajstić information content (AvgIpc) is 2.79. The molecule has 8 heteroatoms. The van der Waals surface area contributed by atoms with Crippen molar-refractivity contribution in [1.29, 1.82) is 0 Å². The van der Waals surface area contributed by atoms with E-state index >= 15 is 0 Å². The average molecular weight is 293 g/mol. The first-order valence-electron chi connectivity index (χ1n) is 6.59. The zero-order valence-corrected chi connectivity index (χ0v) is 11.5. The zero-order chi connectivity index (χ0) is 15.1. The molecule has 1 N–H and O–H groups in total. The predicted molar refractivity (Wildman–Crippen MR) is 65.0 cm³/mol. The maximum Gasteiger partial charge on any atom is 0.390 e. The first kappa shape index (κ1) is 15.1. The number of hydrogen-bond acceptors (Lipinski definition) is 3. The van der Waals surface area contributed by atoms with Crippen LogP contribution in [0.4, 0.5) is 18.0 Å². The van der Waals surface area contributed by atoms with Gasteiger partial charge < -0.3 is 10.2 Å². The van der Waals surface area contributed by atoms with Crippen molar-refractivity contribution in [3.8, 4) is 0 Å². The summed E-state index contributed by atoms with van der Waals surface area (Å²) in [7, 11) is 0. The first-order chi connectivity index (χ1) is 9.15. The molecule has 0 aliphatic carbocycles. The highest BCUT2D eigenvalue weighted by molar-refractivity contribution is 6.07. The van der Waals surface area contributed by atoms with E-state index in [9.17, 15) is 22.8 Å². The zero-order valence-electron chi connectivity index (χ0n) is 11.5. The monoisotopic (exact) mass is 293 g/mol. The van der Waals surface area contributed by atoms with Gasteiger partial charge in [-0.15, -0.1) is 0 Å². The quantitative estimate of drug-likeness (QED) is 0.799. The number of imide groups is 1. The fourth-order valence-electron chi connectivity index (χ4n) is 2.75. The summed E-state index contributed by atoms with van der Waals surface area (Å²) in [6, 6.07) is -0.714. The van der Waals surface area contributed by atoms with Gasteiger partial charge in [-0.3, -0.25) is 9.69 Å². The van der Waals surface area contributed by atoms with E-state index in [-0.39, 0.29) is 25.0 Å². The number of hydrogen-bond donors (Lipinski definition) is 1. The standard InChI is InChI=1S/C12H18F3N3O2/c1-8(2)18-9(19)11(16-10(18)20)3-5-17(7-11)6-4-12(13,14)15/h8H,3-7H2,1-2H3,(H,16,20)/t11-/m0/s1. The van der Waals surface area contributed by atoms with Crippen LogP contribution in [0.5, 0.6) is 0 Å². The number of nitrogens with zero attached hydrogens (tertiary/aromatic N) is 2. The van der Waals surface area contributed by atoms with Crippen LogP contribution in [0.3, 0.4) is 0 Å². The summed E-state index contributed by atoms with van der Waals surface area (Å²) in [5.74, 6) is -0.327. The number of urea groups is 1. The Morgan fingerprint density at radius 2 is 2.00 bits per heavy atom. The van der Waals surface area contributed by atoms with Crippen molar-refractivity contribution in [1.82, 2.24) is 15.1 Å². The molecular weight excluding hydrogens is 275 g/mol. The van der Waals surface area contributed by atoms with Gasteiger partial charge in [0.05, 0.1) is 6.42 Å². The molecule has 2 rings (SSSR count). The molecule has 3 amide bonds. The van der Waals surface area contributed by atoms with E-state index in [1.54, 1.807) is 18.7 Å². The number of carbonyl (C=O) groups excluding carboxylic acids is 2. The van der Waals surface area contributed by atoms with Crippen LogP contribution >= 0.6 is 0 Å². The number of alkyl halides is 3. The second-order valence-corrected chi connectivity index (χ2v) is 5.67. The Labute approximate surface area is 115 Å². The van der Waals surface area contributed by atoms with Gasteiger partial charge in [0.25, 0.3) is 5.91 Å². The van der Waals surface area contributed by atoms with Gasteiger partial charge in [0, 0.05) is 25.7 Å². The topological polar surface area (TPSA) is 52.7 Å². The molecule has 0 aromatic heterocycles. The Hall–Kier alpha value is -1.31. The molecule has 0 saturated carbocycles. The number of carbonyl (C=O) groups is 2. The fourth-order valence-corrected chi connectivity index (χ4v) is 2.75. The van der Waals surface area contributed by atoms with Crippen molar-refractivity contribution in [2.45, 2.75) is 44.4 Å². The summed E-state index contributed by atoms with van der Waals surface area (Å²) in [6.45, 7) is 3.85.